The minimum absolute atomic E-state index is 0.771. The molecule has 0 bridgehead atoms. The molecule has 0 saturated heterocycles. The topological polar surface area (TPSA) is 33.6 Å². The van der Waals surface area contributed by atoms with Crippen LogP contribution in [0.3, 0.4) is 0 Å². The maximum atomic E-state index is 5.43. The quantitative estimate of drug-likeness (QED) is 0.829. The lowest BCUT2D eigenvalue weighted by Crippen LogP contribution is -2.14. The zero-order valence-corrected chi connectivity index (χ0v) is 11.6. The fraction of sp³-hybridized carbons (Fsp3) is 0.571. The second kappa shape index (κ2) is 4.84. The van der Waals surface area contributed by atoms with Crippen molar-refractivity contribution in [1.29, 1.82) is 0 Å². The number of aryl methyl sites for hydroxylation is 1. The van der Waals surface area contributed by atoms with Gasteiger partial charge in [-0.2, -0.15) is 0 Å². The Labute approximate surface area is 112 Å². The van der Waals surface area contributed by atoms with Crippen LogP contribution >= 0.6 is 12.2 Å². The van der Waals surface area contributed by atoms with Gasteiger partial charge in [-0.1, -0.05) is 19.3 Å². The molecule has 1 aliphatic carbocycles. The van der Waals surface area contributed by atoms with Crippen molar-refractivity contribution < 1.29 is 0 Å². The van der Waals surface area contributed by atoms with Crippen molar-refractivity contribution in [3.8, 4) is 0 Å². The summed E-state index contributed by atoms with van der Waals surface area (Å²) in [6.07, 6.45) is 8.72. The first-order valence-electron chi connectivity index (χ1n) is 6.79. The third-order valence-electron chi connectivity index (χ3n) is 3.91. The number of hydrogen-bond donors (Lipinski definition) is 1. The number of imidazole rings is 1. The minimum Gasteiger partial charge on any atom is -0.329 e. The van der Waals surface area contributed by atoms with Crippen molar-refractivity contribution in [3.63, 3.8) is 0 Å². The molecule has 0 unspecified atom stereocenters. The zero-order valence-electron chi connectivity index (χ0n) is 10.8. The molecule has 0 aliphatic heterocycles. The highest BCUT2D eigenvalue weighted by atomic mass is 32.1. The van der Waals surface area contributed by atoms with E-state index in [1.54, 1.807) is 0 Å². The summed E-state index contributed by atoms with van der Waals surface area (Å²) >= 11 is 5.43. The van der Waals surface area contributed by atoms with Crippen molar-refractivity contribution in [2.45, 2.75) is 45.6 Å². The molecule has 1 saturated carbocycles. The van der Waals surface area contributed by atoms with E-state index in [0.29, 0.717) is 0 Å². The maximum absolute atomic E-state index is 5.43. The first kappa shape index (κ1) is 11.9. The van der Waals surface area contributed by atoms with Crippen LogP contribution in [0.5, 0.6) is 0 Å². The van der Waals surface area contributed by atoms with Gasteiger partial charge >= 0.3 is 0 Å². The van der Waals surface area contributed by atoms with Gasteiger partial charge in [-0.3, -0.25) is 0 Å². The summed E-state index contributed by atoms with van der Waals surface area (Å²) in [6.45, 7) is 3.08. The van der Waals surface area contributed by atoms with Gasteiger partial charge in [-0.15, -0.1) is 0 Å². The summed E-state index contributed by atoms with van der Waals surface area (Å²) in [6, 6.07) is 2.12. The number of aromatic amines is 1. The van der Waals surface area contributed by atoms with E-state index < -0.39 is 0 Å². The van der Waals surface area contributed by atoms with Gasteiger partial charge in [-0.05, 0) is 49.5 Å². The number of hydrogen-bond acceptors (Lipinski definition) is 2. The highest BCUT2D eigenvalue weighted by Crippen LogP contribution is 2.26. The smallest absolute Gasteiger partial charge is 0.179 e. The monoisotopic (exact) mass is 261 g/mol. The molecule has 1 fully saturated rings. The number of fused-ring (bicyclic) bond motifs is 1. The first-order valence-corrected chi connectivity index (χ1v) is 7.20. The number of nitrogens with zero attached hydrogens (tertiary/aromatic N) is 2. The standard InChI is InChI=1S/C14H19N3S/c1-10-7-12-13(15-8-10)17(14(18)16-12)9-11-5-3-2-4-6-11/h7-8,11H,2-6,9H2,1H3,(H,16,18). The molecule has 2 heterocycles. The van der Waals surface area contributed by atoms with Crippen LogP contribution in [-0.4, -0.2) is 14.5 Å². The molecular weight excluding hydrogens is 242 g/mol. The van der Waals surface area contributed by atoms with Crippen molar-refractivity contribution >= 4 is 23.4 Å². The number of nitrogens with one attached hydrogen (secondary N) is 1. The van der Waals surface area contributed by atoms with Crippen LogP contribution in [-0.2, 0) is 6.54 Å². The lowest BCUT2D eigenvalue weighted by Gasteiger charge is -2.21. The van der Waals surface area contributed by atoms with E-state index >= 15 is 0 Å². The fourth-order valence-electron chi connectivity index (χ4n) is 2.95. The normalized spacial score (nSPS) is 17.4. The van der Waals surface area contributed by atoms with Crippen LogP contribution in [0.25, 0.3) is 11.2 Å². The summed E-state index contributed by atoms with van der Waals surface area (Å²) in [7, 11) is 0. The van der Waals surface area contributed by atoms with E-state index in [0.717, 1.165) is 28.4 Å². The number of pyridine rings is 1. The molecule has 0 amide bonds. The van der Waals surface area contributed by atoms with Gasteiger partial charge in [0, 0.05) is 12.7 Å². The molecule has 0 radical (unpaired) electrons. The minimum atomic E-state index is 0.771. The molecule has 0 atom stereocenters. The highest BCUT2D eigenvalue weighted by molar-refractivity contribution is 7.71. The van der Waals surface area contributed by atoms with Crippen LogP contribution in [0.2, 0.25) is 0 Å². The summed E-state index contributed by atoms with van der Waals surface area (Å²) < 4.78 is 2.99. The Morgan fingerprint density at radius 2 is 2.17 bits per heavy atom. The summed E-state index contributed by atoms with van der Waals surface area (Å²) in [4.78, 5) is 7.80. The van der Waals surface area contributed by atoms with Crippen LogP contribution in [0.4, 0.5) is 0 Å². The van der Waals surface area contributed by atoms with Gasteiger partial charge in [-0.25, -0.2) is 4.98 Å². The SMILES string of the molecule is Cc1cnc2c(c1)[nH]c(=S)n2CC1CCCCC1. The average molecular weight is 261 g/mol. The van der Waals surface area contributed by atoms with E-state index in [-0.39, 0.29) is 0 Å². The molecule has 3 rings (SSSR count). The van der Waals surface area contributed by atoms with E-state index in [4.69, 9.17) is 12.2 Å². The van der Waals surface area contributed by atoms with Crippen LogP contribution < -0.4 is 0 Å². The maximum Gasteiger partial charge on any atom is 0.179 e. The molecule has 1 N–H and O–H groups in total. The summed E-state index contributed by atoms with van der Waals surface area (Å²) in [5.41, 5.74) is 3.25. The Bertz CT molecular complexity index is 605. The summed E-state index contributed by atoms with van der Waals surface area (Å²) in [5.74, 6) is 0.771. The van der Waals surface area contributed by atoms with Crippen LogP contribution in [0, 0.1) is 17.6 Å². The number of rotatable bonds is 2. The Morgan fingerprint density at radius 1 is 1.39 bits per heavy atom. The number of H-pyrrole nitrogens is 1. The zero-order chi connectivity index (χ0) is 12.5. The molecule has 0 spiro atoms. The molecule has 3 nitrogen and oxygen atoms in total. The molecular formula is C14H19N3S. The second-order valence-electron chi connectivity index (χ2n) is 5.43. The Hall–Kier alpha value is -1.16. The Kier molecular flexibility index (Phi) is 3.20. The average Bonchev–Trinajstić information content (AvgIpc) is 2.66. The fourth-order valence-corrected chi connectivity index (χ4v) is 3.22. The van der Waals surface area contributed by atoms with Crippen LogP contribution in [0.15, 0.2) is 12.3 Å². The van der Waals surface area contributed by atoms with Gasteiger partial charge in [0.15, 0.2) is 10.4 Å². The first-order chi connectivity index (χ1) is 8.74. The number of aromatic nitrogens is 3. The molecule has 0 aromatic carbocycles. The van der Waals surface area contributed by atoms with E-state index in [1.165, 1.54) is 37.7 Å². The van der Waals surface area contributed by atoms with E-state index in [1.807, 2.05) is 6.20 Å². The van der Waals surface area contributed by atoms with E-state index in [9.17, 15) is 0 Å². The van der Waals surface area contributed by atoms with Gasteiger partial charge in [0.2, 0.25) is 0 Å². The molecule has 18 heavy (non-hydrogen) atoms. The molecule has 2 aromatic heterocycles. The predicted molar refractivity (Wildman–Crippen MR) is 76.2 cm³/mol. The molecule has 1 aliphatic rings. The Morgan fingerprint density at radius 3 is 2.94 bits per heavy atom. The highest BCUT2D eigenvalue weighted by Gasteiger charge is 2.16. The van der Waals surface area contributed by atoms with Gasteiger partial charge in [0.25, 0.3) is 0 Å². The van der Waals surface area contributed by atoms with Crippen molar-refractivity contribution in [2.75, 3.05) is 0 Å². The third kappa shape index (κ3) is 2.21. The van der Waals surface area contributed by atoms with Crippen molar-refractivity contribution in [3.05, 3.63) is 22.6 Å². The third-order valence-corrected chi connectivity index (χ3v) is 4.23. The molecule has 96 valence electrons. The lowest BCUT2D eigenvalue weighted by molar-refractivity contribution is 0.320. The van der Waals surface area contributed by atoms with Crippen molar-refractivity contribution in [1.82, 2.24) is 14.5 Å². The predicted octanol–water partition coefficient (Wildman–Crippen LogP) is 3.98. The largest absolute Gasteiger partial charge is 0.329 e. The molecule has 2 aromatic rings. The van der Waals surface area contributed by atoms with Crippen molar-refractivity contribution in [2.24, 2.45) is 5.92 Å². The van der Waals surface area contributed by atoms with Crippen LogP contribution in [0.1, 0.15) is 37.7 Å². The molecule has 4 heteroatoms. The summed E-state index contributed by atoms with van der Waals surface area (Å²) in [5, 5.41) is 0. The van der Waals surface area contributed by atoms with Gasteiger partial charge < -0.3 is 9.55 Å². The second-order valence-corrected chi connectivity index (χ2v) is 5.82. The lowest BCUT2D eigenvalue weighted by atomic mass is 9.89. The Balaban J connectivity index is 1.95. The van der Waals surface area contributed by atoms with Gasteiger partial charge in [0.05, 0.1) is 5.52 Å². The van der Waals surface area contributed by atoms with Gasteiger partial charge in [0.1, 0.15) is 0 Å². The van der Waals surface area contributed by atoms with E-state index in [2.05, 4.69) is 27.5 Å².